The van der Waals surface area contributed by atoms with Crippen LogP contribution in [0.2, 0.25) is 0 Å². The normalized spacial score (nSPS) is 27.1. The Balaban J connectivity index is 1.51. The minimum atomic E-state index is -0.289. The second-order valence-corrected chi connectivity index (χ2v) is 8.79. The molecule has 2 aliphatic rings. The zero-order valence-corrected chi connectivity index (χ0v) is 18.0. The van der Waals surface area contributed by atoms with Gasteiger partial charge in [-0.2, -0.15) is 0 Å². The second-order valence-electron chi connectivity index (χ2n) is 7.91. The fourth-order valence-corrected chi connectivity index (χ4v) is 4.40. The lowest BCUT2D eigenvalue weighted by molar-refractivity contribution is -0.126. The minimum Gasteiger partial charge on any atom is -0.373 e. The van der Waals surface area contributed by atoms with Crippen molar-refractivity contribution in [3.05, 3.63) is 24.3 Å². The van der Waals surface area contributed by atoms with Crippen molar-refractivity contribution in [2.24, 2.45) is 5.92 Å². The molecule has 7 heteroatoms. The maximum atomic E-state index is 12.6. The van der Waals surface area contributed by atoms with Crippen molar-refractivity contribution in [1.82, 2.24) is 10.2 Å². The molecule has 0 radical (unpaired) electrons. The van der Waals surface area contributed by atoms with Crippen molar-refractivity contribution >= 4 is 29.3 Å². The Bertz CT molecular complexity index is 687. The van der Waals surface area contributed by atoms with Crippen molar-refractivity contribution in [2.45, 2.75) is 50.3 Å². The van der Waals surface area contributed by atoms with E-state index in [1.165, 1.54) is 0 Å². The van der Waals surface area contributed by atoms with Crippen LogP contribution < -0.4 is 10.2 Å². The Hall–Kier alpha value is -1.57. The molecular formula is C21H31N3O3S. The number of hydrogen-bond acceptors (Lipinski definition) is 5. The zero-order chi connectivity index (χ0) is 20.3. The van der Waals surface area contributed by atoms with Gasteiger partial charge in [-0.3, -0.25) is 14.5 Å². The average Bonchev–Trinajstić information content (AvgIpc) is 3.07. The lowest BCUT2D eigenvalue weighted by Crippen LogP contribution is -2.52. The van der Waals surface area contributed by atoms with Gasteiger partial charge in [0.2, 0.25) is 11.8 Å². The van der Waals surface area contributed by atoms with Crippen LogP contribution in [0.3, 0.4) is 0 Å². The summed E-state index contributed by atoms with van der Waals surface area (Å²) in [4.78, 5) is 30.3. The Labute approximate surface area is 172 Å². The SMILES string of the molecule is CSc1ccc(N2CC(C(=O)NCC(C)N3CC(C)OC(C)C3)CC2=O)cc1. The molecule has 0 saturated carbocycles. The quantitative estimate of drug-likeness (QED) is 0.737. The number of nitrogens with zero attached hydrogens (tertiary/aromatic N) is 2. The number of anilines is 1. The van der Waals surface area contributed by atoms with Gasteiger partial charge in [0.1, 0.15) is 0 Å². The van der Waals surface area contributed by atoms with Gasteiger partial charge in [0.15, 0.2) is 0 Å². The van der Waals surface area contributed by atoms with Crippen molar-refractivity contribution in [2.75, 3.05) is 37.3 Å². The Morgan fingerprint density at radius 2 is 1.86 bits per heavy atom. The summed E-state index contributed by atoms with van der Waals surface area (Å²) in [6.07, 6.45) is 2.71. The third kappa shape index (κ3) is 5.07. The number of morpholine rings is 1. The maximum absolute atomic E-state index is 12.6. The molecule has 3 rings (SSSR count). The highest BCUT2D eigenvalue weighted by molar-refractivity contribution is 7.98. The van der Waals surface area contributed by atoms with Crippen LogP contribution in [-0.2, 0) is 14.3 Å². The number of carbonyl (C=O) groups excluding carboxylic acids is 2. The molecule has 2 aliphatic heterocycles. The average molecular weight is 406 g/mol. The Morgan fingerprint density at radius 1 is 1.21 bits per heavy atom. The molecule has 2 saturated heterocycles. The van der Waals surface area contributed by atoms with Crippen LogP contribution in [0.1, 0.15) is 27.2 Å². The molecule has 2 heterocycles. The highest BCUT2D eigenvalue weighted by Gasteiger charge is 2.35. The Kier molecular flexibility index (Phi) is 7.01. The topological polar surface area (TPSA) is 61.9 Å². The molecule has 1 aromatic rings. The van der Waals surface area contributed by atoms with E-state index in [9.17, 15) is 9.59 Å². The molecule has 4 atom stereocenters. The van der Waals surface area contributed by atoms with E-state index in [1.54, 1.807) is 16.7 Å². The first kappa shape index (κ1) is 21.1. The van der Waals surface area contributed by atoms with Gasteiger partial charge in [-0.25, -0.2) is 0 Å². The van der Waals surface area contributed by atoms with Crippen LogP contribution in [0.4, 0.5) is 5.69 Å². The van der Waals surface area contributed by atoms with Gasteiger partial charge in [-0.1, -0.05) is 0 Å². The third-order valence-electron chi connectivity index (χ3n) is 5.52. The minimum absolute atomic E-state index is 0.0147. The van der Waals surface area contributed by atoms with E-state index in [-0.39, 0.29) is 42.4 Å². The number of benzene rings is 1. The first-order valence-electron chi connectivity index (χ1n) is 9.99. The lowest BCUT2D eigenvalue weighted by atomic mass is 10.1. The number of rotatable bonds is 6. The van der Waals surface area contributed by atoms with E-state index in [0.29, 0.717) is 13.1 Å². The fourth-order valence-electron chi connectivity index (χ4n) is 3.99. The van der Waals surface area contributed by atoms with Gasteiger partial charge in [-0.15, -0.1) is 11.8 Å². The molecule has 154 valence electrons. The largest absolute Gasteiger partial charge is 0.373 e. The smallest absolute Gasteiger partial charge is 0.227 e. The number of thioether (sulfide) groups is 1. The monoisotopic (exact) mass is 405 g/mol. The lowest BCUT2D eigenvalue weighted by Gasteiger charge is -2.39. The highest BCUT2D eigenvalue weighted by Crippen LogP contribution is 2.27. The van der Waals surface area contributed by atoms with Gasteiger partial charge in [0.05, 0.1) is 18.1 Å². The van der Waals surface area contributed by atoms with E-state index in [4.69, 9.17) is 4.74 Å². The molecule has 1 aromatic carbocycles. The van der Waals surface area contributed by atoms with Crippen LogP contribution in [0.5, 0.6) is 0 Å². The predicted molar refractivity (Wildman–Crippen MR) is 113 cm³/mol. The van der Waals surface area contributed by atoms with Crippen LogP contribution in [0.25, 0.3) is 0 Å². The standard InChI is InChI=1S/C21H31N3O3S/c1-14(23-11-15(2)27-16(3)12-23)10-22-21(26)17-9-20(25)24(13-17)18-5-7-19(28-4)8-6-18/h5-8,14-17H,9-13H2,1-4H3,(H,22,26). The van der Waals surface area contributed by atoms with Gasteiger partial charge < -0.3 is 15.0 Å². The highest BCUT2D eigenvalue weighted by atomic mass is 32.2. The summed E-state index contributed by atoms with van der Waals surface area (Å²) in [5, 5.41) is 3.06. The van der Waals surface area contributed by atoms with Crippen molar-refractivity contribution in [1.29, 1.82) is 0 Å². The van der Waals surface area contributed by atoms with Crippen molar-refractivity contribution < 1.29 is 14.3 Å². The maximum Gasteiger partial charge on any atom is 0.227 e. The summed E-state index contributed by atoms with van der Waals surface area (Å²) < 4.78 is 5.78. The fraction of sp³-hybridized carbons (Fsp3) is 0.619. The van der Waals surface area contributed by atoms with Crippen LogP contribution in [-0.4, -0.2) is 67.4 Å². The summed E-state index contributed by atoms with van der Waals surface area (Å²) in [6, 6.07) is 8.16. The molecule has 0 aliphatic carbocycles. The third-order valence-corrected chi connectivity index (χ3v) is 6.27. The van der Waals surface area contributed by atoms with E-state index < -0.39 is 0 Å². The molecule has 0 bridgehead atoms. The van der Waals surface area contributed by atoms with Crippen LogP contribution >= 0.6 is 11.8 Å². The number of nitrogens with one attached hydrogen (secondary N) is 1. The molecule has 4 unspecified atom stereocenters. The molecule has 28 heavy (non-hydrogen) atoms. The number of ether oxygens (including phenoxy) is 1. The summed E-state index contributed by atoms with van der Waals surface area (Å²) in [5.74, 6) is -0.304. The van der Waals surface area contributed by atoms with E-state index >= 15 is 0 Å². The number of carbonyl (C=O) groups is 2. The van der Waals surface area contributed by atoms with Crippen LogP contribution in [0, 0.1) is 5.92 Å². The van der Waals surface area contributed by atoms with Gasteiger partial charge in [0, 0.05) is 49.2 Å². The first-order chi connectivity index (χ1) is 13.4. The summed E-state index contributed by atoms with van der Waals surface area (Å²) in [5.41, 5.74) is 0.864. The molecule has 1 N–H and O–H groups in total. The molecule has 2 fully saturated rings. The molecule has 2 amide bonds. The molecule has 6 nitrogen and oxygen atoms in total. The predicted octanol–water partition coefficient (Wildman–Crippen LogP) is 2.38. The van der Waals surface area contributed by atoms with Crippen LogP contribution in [0.15, 0.2) is 29.2 Å². The van der Waals surface area contributed by atoms with E-state index in [2.05, 4.69) is 31.0 Å². The molecular weight excluding hydrogens is 374 g/mol. The van der Waals surface area contributed by atoms with E-state index in [1.807, 2.05) is 30.5 Å². The molecule has 0 aromatic heterocycles. The van der Waals surface area contributed by atoms with Gasteiger partial charge >= 0.3 is 0 Å². The zero-order valence-electron chi connectivity index (χ0n) is 17.2. The number of hydrogen-bond donors (Lipinski definition) is 1. The van der Waals surface area contributed by atoms with Crippen molar-refractivity contribution in [3.8, 4) is 0 Å². The Morgan fingerprint density at radius 3 is 2.46 bits per heavy atom. The van der Waals surface area contributed by atoms with Gasteiger partial charge in [-0.05, 0) is 51.3 Å². The summed E-state index contributed by atoms with van der Waals surface area (Å²) in [6.45, 7) is 9.09. The summed E-state index contributed by atoms with van der Waals surface area (Å²) in [7, 11) is 0. The molecule has 0 spiro atoms. The van der Waals surface area contributed by atoms with E-state index in [0.717, 1.165) is 23.7 Å². The van der Waals surface area contributed by atoms with Crippen molar-refractivity contribution in [3.63, 3.8) is 0 Å². The second kappa shape index (κ2) is 9.29. The first-order valence-corrected chi connectivity index (χ1v) is 11.2. The summed E-state index contributed by atoms with van der Waals surface area (Å²) >= 11 is 1.67. The van der Waals surface area contributed by atoms with Gasteiger partial charge in [0.25, 0.3) is 0 Å². The number of amides is 2.